The van der Waals surface area contributed by atoms with E-state index in [0.717, 1.165) is 23.6 Å². The van der Waals surface area contributed by atoms with E-state index in [1.807, 2.05) is 26.8 Å². The fraction of sp³-hybridized carbons (Fsp3) is 0.667. The number of carbonyl (C=O) groups excluding carboxylic acids is 2. The first kappa shape index (κ1) is 18.0. The fourth-order valence-corrected chi connectivity index (χ4v) is 4.19. The molecule has 0 saturated heterocycles. The van der Waals surface area contributed by atoms with Crippen molar-refractivity contribution in [1.82, 2.24) is 10.2 Å². The lowest BCUT2D eigenvalue weighted by molar-refractivity contribution is -0.122. The van der Waals surface area contributed by atoms with Gasteiger partial charge in [-0.05, 0) is 57.6 Å². The Morgan fingerprint density at radius 1 is 1.39 bits per heavy atom. The summed E-state index contributed by atoms with van der Waals surface area (Å²) in [6.07, 6.45) is 4.59. The van der Waals surface area contributed by atoms with Gasteiger partial charge in [-0.15, -0.1) is 11.3 Å². The van der Waals surface area contributed by atoms with Gasteiger partial charge in [-0.3, -0.25) is 9.59 Å². The first-order chi connectivity index (χ1) is 10.7. The normalized spacial score (nSPS) is 17.5. The zero-order valence-electron chi connectivity index (χ0n) is 14.9. The summed E-state index contributed by atoms with van der Waals surface area (Å²) >= 11 is 1.60. The molecule has 1 aliphatic carbocycles. The van der Waals surface area contributed by atoms with Crippen molar-refractivity contribution < 1.29 is 9.59 Å². The molecule has 1 atom stereocenters. The van der Waals surface area contributed by atoms with Gasteiger partial charge in [-0.1, -0.05) is 13.3 Å². The van der Waals surface area contributed by atoms with Crippen molar-refractivity contribution in [2.75, 3.05) is 13.6 Å². The second kappa shape index (κ2) is 7.04. The SMILES string of the molecule is CC[C@H]1CCc2sc(C(=O)N(C)CC(=O)NC(C)(C)C)cc2C1. The summed E-state index contributed by atoms with van der Waals surface area (Å²) in [6.45, 7) is 8.13. The molecular weight excluding hydrogens is 308 g/mol. The molecule has 1 heterocycles. The van der Waals surface area contributed by atoms with Crippen LogP contribution < -0.4 is 5.32 Å². The molecule has 0 saturated carbocycles. The Labute approximate surface area is 143 Å². The molecule has 1 aromatic heterocycles. The number of fused-ring (bicyclic) bond motifs is 1. The molecule has 2 amide bonds. The second-order valence-corrected chi connectivity index (χ2v) is 8.67. The van der Waals surface area contributed by atoms with Crippen LogP contribution in [0.3, 0.4) is 0 Å². The van der Waals surface area contributed by atoms with E-state index in [9.17, 15) is 9.59 Å². The summed E-state index contributed by atoms with van der Waals surface area (Å²) in [5, 5.41) is 2.89. The van der Waals surface area contributed by atoms with Crippen molar-refractivity contribution in [3.8, 4) is 0 Å². The van der Waals surface area contributed by atoms with Gasteiger partial charge in [0.15, 0.2) is 0 Å². The molecule has 2 rings (SSSR count). The van der Waals surface area contributed by atoms with Crippen LogP contribution in [-0.4, -0.2) is 35.8 Å². The maximum Gasteiger partial charge on any atom is 0.264 e. The lowest BCUT2D eigenvalue weighted by atomic mass is 9.87. The molecule has 0 fully saturated rings. The van der Waals surface area contributed by atoms with Gasteiger partial charge in [0, 0.05) is 17.5 Å². The third-order valence-corrected chi connectivity index (χ3v) is 5.44. The van der Waals surface area contributed by atoms with Crippen LogP contribution in [0, 0.1) is 5.92 Å². The molecule has 0 aromatic carbocycles. The molecule has 128 valence electrons. The number of likely N-dealkylation sites (N-methyl/N-ethyl adjacent to an activating group) is 1. The van der Waals surface area contributed by atoms with Gasteiger partial charge in [0.2, 0.25) is 5.91 Å². The van der Waals surface area contributed by atoms with Crippen LogP contribution in [0.25, 0.3) is 0 Å². The standard InChI is InChI=1S/C18H28N2O2S/c1-6-12-7-8-14-13(9-12)10-15(23-14)17(22)20(5)11-16(21)19-18(2,3)4/h10,12H,6-9,11H2,1-5H3,(H,19,21)/t12-/m0/s1. The first-order valence-corrected chi connectivity index (χ1v) is 9.19. The Hall–Kier alpha value is -1.36. The Morgan fingerprint density at radius 2 is 2.09 bits per heavy atom. The summed E-state index contributed by atoms with van der Waals surface area (Å²) in [6, 6.07) is 2.04. The maximum atomic E-state index is 12.6. The highest BCUT2D eigenvalue weighted by molar-refractivity contribution is 7.14. The molecule has 1 N–H and O–H groups in total. The average molecular weight is 337 g/mol. The van der Waals surface area contributed by atoms with Crippen molar-refractivity contribution in [3.05, 3.63) is 21.4 Å². The van der Waals surface area contributed by atoms with E-state index in [4.69, 9.17) is 0 Å². The number of hydrogen-bond acceptors (Lipinski definition) is 3. The van der Waals surface area contributed by atoms with Gasteiger partial charge in [0.1, 0.15) is 0 Å². The van der Waals surface area contributed by atoms with Gasteiger partial charge in [0.25, 0.3) is 5.91 Å². The fourth-order valence-electron chi connectivity index (χ4n) is 2.99. The first-order valence-electron chi connectivity index (χ1n) is 8.37. The Kier molecular flexibility index (Phi) is 5.50. The molecular formula is C18H28N2O2S. The number of carbonyl (C=O) groups is 2. The van der Waals surface area contributed by atoms with Crippen LogP contribution in [0.5, 0.6) is 0 Å². The summed E-state index contributed by atoms with van der Waals surface area (Å²) < 4.78 is 0. The third kappa shape index (κ3) is 4.80. The van der Waals surface area contributed by atoms with Crippen LogP contribution in [0.15, 0.2) is 6.07 Å². The molecule has 4 nitrogen and oxygen atoms in total. The maximum absolute atomic E-state index is 12.6. The third-order valence-electron chi connectivity index (χ3n) is 4.21. The highest BCUT2D eigenvalue weighted by atomic mass is 32.1. The zero-order chi connectivity index (χ0) is 17.2. The lowest BCUT2D eigenvalue weighted by Gasteiger charge is -2.23. The van der Waals surface area contributed by atoms with Crippen LogP contribution >= 0.6 is 11.3 Å². The highest BCUT2D eigenvalue weighted by Crippen LogP contribution is 2.33. The monoisotopic (exact) mass is 336 g/mol. The predicted molar refractivity (Wildman–Crippen MR) is 95.0 cm³/mol. The molecule has 5 heteroatoms. The Balaban J connectivity index is 2.00. The van der Waals surface area contributed by atoms with E-state index in [0.29, 0.717) is 0 Å². The lowest BCUT2D eigenvalue weighted by Crippen LogP contribution is -2.46. The minimum atomic E-state index is -0.280. The van der Waals surface area contributed by atoms with E-state index in [1.54, 1.807) is 18.4 Å². The van der Waals surface area contributed by atoms with Crippen LogP contribution in [0.2, 0.25) is 0 Å². The molecule has 0 aliphatic heterocycles. The molecule has 1 aromatic rings. The van der Waals surface area contributed by atoms with Crippen LogP contribution in [0.4, 0.5) is 0 Å². The Bertz CT molecular complexity index is 586. The van der Waals surface area contributed by atoms with Crippen molar-refractivity contribution in [2.24, 2.45) is 5.92 Å². The van der Waals surface area contributed by atoms with E-state index in [1.165, 1.54) is 28.2 Å². The van der Waals surface area contributed by atoms with Gasteiger partial charge in [-0.25, -0.2) is 0 Å². The summed E-state index contributed by atoms with van der Waals surface area (Å²) in [5.74, 6) is 0.567. The smallest absolute Gasteiger partial charge is 0.264 e. The summed E-state index contributed by atoms with van der Waals surface area (Å²) in [5.41, 5.74) is 1.06. The minimum absolute atomic E-state index is 0.0542. The molecule has 23 heavy (non-hydrogen) atoms. The number of nitrogens with zero attached hydrogens (tertiary/aromatic N) is 1. The van der Waals surface area contributed by atoms with E-state index in [-0.39, 0.29) is 23.9 Å². The van der Waals surface area contributed by atoms with E-state index < -0.39 is 0 Å². The number of hydrogen-bond donors (Lipinski definition) is 1. The topological polar surface area (TPSA) is 49.4 Å². The van der Waals surface area contributed by atoms with Gasteiger partial charge in [0.05, 0.1) is 11.4 Å². The van der Waals surface area contributed by atoms with E-state index in [2.05, 4.69) is 12.2 Å². The second-order valence-electron chi connectivity index (χ2n) is 7.54. The summed E-state index contributed by atoms with van der Waals surface area (Å²) in [7, 11) is 1.69. The van der Waals surface area contributed by atoms with Gasteiger partial charge >= 0.3 is 0 Å². The Morgan fingerprint density at radius 3 is 2.70 bits per heavy atom. The number of thiophene rings is 1. The van der Waals surface area contributed by atoms with Crippen LogP contribution in [0.1, 0.15) is 60.6 Å². The van der Waals surface area contributed by atoms with Crippen molar-refractivity contribution in [3.63, 3.8) is 0 Å². The average Bonchev–Trinajstić information content (AvgIpc) is 2.86. The predicted octanol–water partition coefficient (Wildman–Crippen LogP) is 3.25. The number of nitrogens with one attached hydrogen (secondary N) is 1. The van der Waals surface area contributed by atoms with E-state index >= 15 is 0 Å². The van der Waals surface area contributed by atoms with Crippen LogP contribution in [-0.2, 0) is 17.6 Å². The molecule has 0 spiro atoms. The quantitative estimate of drug-likeness (QED) is 0.917. The largest absolute Gasteiger partial charge is 0.350 e. The van der Waals surface area contributed by atoms with Gasteiger partial charge in [-0.2, -0.15) is 0 Å². The summed E-state index contributed by atoms with van der Waals surface area (Å²) in [4.78, 5) is 28.2. The molecule has 1 aliphatic rings. The number of amides is 2. The van der Waals surface area contributed by atoms with Crippen molar-refractivity contribution in [2.45, 2.75) is 58.9 Å². The zero-order valence-corrected chi connectivity index (χ0v) is 15.7. The number of aryl methyl sites for hydroxylation is 1. The molecule has 0 radical (unpaired) electrons. The van der Waals surface area contributed by atoms with Crippen molar-refractivity contribution in [1.29, 1.82) is 0 Å². The minimum Gasteiger partial charge on any atom is -0.350 e. The molecule has 0 unspecified atom stereocenters. The highest BCUT2D eigenvalue weighted by Gasteiger charge is 2.24. The van der Waals surface area contributed by atoms with Gasteiger partial charge < -0.3 is 10.2 Å². The molecule has 0 bridgehead atoms. The number of rotatable bonds is 4. The van der Waals surface area contributed by atoms with Crippen molar-refractivity contribution >= 4 is 23.2 Å².